The number of fused-ring (bicyclic) bond motifs is 1. The number of aryl methyl sites for hydroxylation is 2. The number of epoxide rings is 1. The van der Waals surface area contributed by atoms with Crippen LogP contribution >= 0.6 is 11.3 Å². The third kappa shape index (κ3) is 5.18. The van der Waals surface area contributed by atoms with Crippen molar-refractivity contribution in [2.24, 2.45) is 5.92 Å². The Kier molecular flexibility index (Phi) is 7.44. The van der Waals surface area contributed by atoms with E-state index in [9.17, 15) is 19.1 Å². The van der Waals surface area contributed by atoms with Gasteiger partial charge in [-0.3, -0.25) is 14.9 Å². The lowest BCUT2D eigenvalue weighted by atomic mass is 10.00. The number of hydrogen-bond donors (Lipinski definition) is 2. The van der Waals surface area contributed by atoms with Crippen molar-refractivity contribution in [2.45, 2.75) is 77.7 Å². The lowest BCUT2D eigenvalue weighted by Gasteiger charge is -2.35. The first kappa shape index (κ1) is 28.0. The van der Waals surface area contributed by atoms with Crippen molar-refractivity contribution in [1.82, 2.24) is 20.1 Å². The average Bonchev–Trinajstić information content (AvgIpc) is 3.19. The summed E-state index contributed by atoms with van der Waals surface area (Å²) in [5.74, 6) is -1.46. The Balaban J connectivity index is 1.12. The second-order valence-electron chi connectivity index (χ2n) is 11.7. The summed E-state index contributed by atoms with van der Waals surface area (Å²) in [7, 11) is 0. The number of carbonyl (C=O) groups excluding carboxylic acids is 2. The van der Waals surface area contributed by atoms with Crippen LogP contribution in [0.25, 0.3) is 10.4 Å². The van der Waals surface area contributed by atoms with Gasteiger partial charge in [0, 0.05) is 19.6 Å². The quantitative estimate of drug-likeness (QED) is 0.392. The molecule has 2 saturated heterocycles. The van der Waals surface area contributed by atoms with Gasteiger partial charge in [-0.05, 0) is 54.5 Å². The van der Waals surface area contributed by atoms with Gasteiger partial charge in [0.25, 0.3) is 5.91 Å². The molecule has 6 rings (SSSR count). The van der Waals surface area contributed by atoms with E-state index >= 15 is 0 Å². The normalized spacial score (nSPS) is 24.3. The fraction of sp³-hybridized carbons (Fsp3) is 0.452. The van der Waals surface area contributed by atoms with Gasteiger partial charge < -0.3 is 19.6 Å². The highest BCUT2D eigenvalue weighted by Crippen LogP contribution is 2.36. The highest BCUT2D eigenvalue weighted by atomic mass is 32.1. The van der Waals surface area contributed by atoms with Gasteiger partial charge in [0.15, 0.2) is 0 Å². The molecule has 2 amide bonds. The third-order valence-electron chi connectivity index (χ3n) is 8.49. The van der Waals surface area contributed by atoms with Crippen molar-refractivity contribution < 1.29 is 23.8 Å². The predicted molar refractivity (Wildman–Crippen MR) is 154 cm³/mol. The van der Waals surface area contributed by atoms with Crippen molar-refractivity contribution in [2.75, 3.05) is 6.54 Å². The predicted octanol–water partition coefficient (Wildman–Crippen LogP) is 4.02. The first-order chi connectivity index (χ1) is 19.6. The number of aromatic nitrogens is 1. The number of halogens is 1. The maximum absolute atomic E-state index is 14.5. The number of ether oxygens (including phenoxy) is 1. The monoisotopic (exact) mass is 578 g/mol. The highest BCUT2D eigenvalue weighted by Gasteiger charge is 2.53. The second-order valence-corrected chi connectivity index (χ2v) is 12.5. The van der Waals surface area contributed by atoms with Crippen molar-refractivity contribution in [3.63, 3.8) is 0 Å². The Bertz CT molecular complexity index is 1490. The fourth-order valence-corrected chi connectivity index (χ4v) is 7.13. The third-order valence-corrected chi connectivity index (χ3v) is 9.47. The van der Waals surface area contributed by atoms with E-state index in [2.05, 4.69) is 35.4 Å². The number of benzene rings is 2. The lowest BCUT2D eigenvalue weighted by molar-refractivity contribution is -0.139. The molecule has 8 nitrogen and oxygen atoms in total. The molecule has 0 bridgehead atoms. The maximum atomic E-state index is 14.5. The number of carbonyl (C=O) groups is 2. The molecule has 0 radical (unpaired) electrons. The van der Waals surface area contributed by atoms with E-state index < -0.39 is 23.9 Å². The lowest BCUT2D eigenvalue weighted by Crippen LogP contribution is -2.54. The van der Waals surface area contributed by atoms with Gasteiger partial charge in [0.05, 0.1) is 33.8 Å². The van der Waals surface area contributed by atoms with Crippen LogP contribution in [0.1, 0.15) is 53.0 Å². The summed E-state index contributed by atoms with van der Waals surface area (Å²) in [6, 6.07) is 9.90. The molecule has 41 heavy (non-hydrogen) atoms. The van der Waals surface area contributed by atoms with Crippen LogP contribution in [-0.2, 0) is 22.6 Å². The van der Waals surface area contributed by atoms with Crippen LogP contribution in [0.5, 0.6) is 0 Å². The number of hydrogen-bond acceptors (Lipinski definition) is 7. The van der Waals surface area contributed by atoms with Crippen LogP contribution < -0.4 is 5.32 Å². The SMILES string of the molecule is Cc1cc(-c2scnc2C)ccc1CNC1OC1C1CC(O)CN1C(=O)C(C(C)C)N1Cc2cccc(F)c2C1=O. The van der Waals surface area contributed by atoms with Crippen LogP contribution in [0.2, 0.25) is 0 Å². The molecule has 3 aliphatic heterocycles. The Labute approximate surface area is 243 Å². The molecule has 5 unspecified atom stereocenters. The summed E-state index contributed by atoms with van der Waals surface area (Å²) in [6.07, 6.45) is -0.764. The zero-order valence-corrected chi connectivity index (χ0v) is 24.5. The molecule has 3 aliphatic rings. The molecule has 0 saturated carbocycles. The standard InChI is InChI=1S/C31H35FN4O4S/c1-16(2)26(36-13-21-6-5-7-23(32)25(21)30(36)38)31(39)35-14-22(37)11-24(35)27-29(40-27)33-12-20-9-8-19(10-17(20)3)28-18(4)34-15-41-28/h5-10,15-16,22,24,26-27,29,33,37H,11-14H2,1-4H3. The highest BCUT2D eigenvalue weighted by molar-refractivity contribution is 7.13. The zero-order valence-electron chi connectivity index (χ0n) is 23.6. The van der Waals surface area contributed by atoms with Crippen LogP contribution in [0.15, 0.2) is 41.9 Å². The summed E-state index contributed by atoms with van der Waals surface area (Å²) in [5.41, 5.74) is 7.00. The number of amides is 2. The Morgan fingerprint density at radius 3 is 2.76 bits per heavy atom. The number of aliphatic hydroxyl groups excluding tert-OH is 1. The van der Waals surface area contributed by atoms with Crippen LogP contribution in [0, 0.1) is 25.6 Å². The molecule has 0 spiro atoms. The van der Waals surface area contributed by atoms with Gasteiger partial charge in [-0.1, -0.05) is 44.2 Å². The summed E-state index contributed by atoms with van der Waals surface area (Å²) < 4.78 is 20.5. The average molecular weight is 579 g/mol. The molecule has 0 aliphatic carbocycles. The van der Waals surface area contributed by atoms with Crippen LogP contribution in [0.4, 0.5) is 4.39 Å². The summed E-state index contributed by atoms with van der Waals surface area (Å²) in [6.45, 7) is 8.86. The van der Waals surface area contributed by atoms with Gasteiger partial charge in [-0.25, -0.2) is 9.37 Å². The second kappa shape index (κ2) is 10.9. The molecule has 2 N–H and O–H groups in total. The molecule has 2 fully saturated rings. The van der Waals surface area contributed by atoms with Crippen molar-refractivity contribution in [3.8, 4) is 10.4 Å². The van der Waals surface area contributed by atoms with E-state index in [4.69, 9.17) is 4.74 Å². The number of thiazole rings is 1. The number of β-amino-alcohol motifs (C(OH)–C–C–N with tert-alkyl or cyclic N) is 1. The largest absolute Gasteiger partial charge is 0.391 e. The van der Waals surface area contributed by atoms with Gasteiger partial charge >= 0.3 is 0 Å². The topological polar surface area (TPSA) is 98.3 Å². The molecule has 3 aromatic rings. The minimum Gasteiger partial charge on any atom is -0.391 e. The van der Waals surface area contributed by atoms with Crippen LogP contribution in [-0.4, -0.2) is 68.8 Å². The van der Waals surface area contributed by atoms with Crippen LogP contribution in [0.3, 0.4) is 0 Å². The Morgan fingerprint density at radius 2 is 2.07 bits per heavy atom. The van der Waals surface area contributed by atoms with Gasteiger partial charge in [0.1, 0.15) is 24.2 Å². The van der Waals surface area contributed by atoms with E-state index in [0.29, 0.717) is 18.5 Å². The molecule has 2 aromatic carbocycles. The summed E-state index contributed by atoms with van der Waals surface area (Å²) in [5, 5.41) is 14.0. The molecule has 5 atom stereocenters. The molecule has 10 heteroatoms. The van der Waals surface area contributed by atoms with E-state index in [1.807, 2.05) is 26.3 Å². The van der Waals surface area contributed by atoms with E-state index in [0.717, 1.165) is 16.8 Å². The number of nitrogens with zero attached hydrogens (tertiary/aromatic N) is 3. The first-order valence-corrected chi connectivity index (χ1v) is 15.0. The number of nitrogens with one attached hydrogen (secondary N) is 1. The van der Waals surface area contributed by atoms with E-state index in [1.54, 1.807) is 28.4 Å². The molecule has 216 valence electrons. The zero-order chi connectivity index (χ0) is 29.0. The Morgan fingerprint density at radius 1 is 1.27 bits per heavy atom. The molecular formula is C31H35FN4O4S. The first-order valence-electron chi connectivity index (χ1n) is 14.1. The minimum atomic E-state index is -0.768. The summed E-state index contributed by atoms with van der Waals surface area (Å²) in [4.78, 5) is 35.9. The molecule has 4 heterocycles. The van der Waals surface area contributed by atoms with E-state index in [1.165, 1.54) is 21.4 Å². The smallest absolute Gasteiger partial charge is 0.258 e. The maximum Gasteiger partial charge on any atom is 0.258 e. The van der Waals surface area contributed by atoms with Crippen molar-refractivity contribution in [1.29, 1.82) is 0 Å². The van der Waals surface area contributed by atoms with Crippen molar-refractivity contribution >= 4 is 23.2 Å². The number of likely N-dealkylation sites (tertiary alicyclic amines) is 1. The molecular weight excluding hydrogens is 543 g/mol. The van der Waals surface area contributed by atoms with E-state index in [-0.39, 0.29) is 48.9 Å². The van der Waals surface area contributed by atoms with Gasteiger partial charge in [-0.2, -0.15) is 0 Å². The fourth-order valence-electron chi connectivity index (χ4n) is 6.33. The molecule has 1 aromatic heterocycles. The summed E-state index contributed by atoms with van der Waals surface area (Å²) >= 11 is 1.63. The Hall–Kier alpha value is -3.18. The van der Waals surface area contributed by atoms with Gasteiger partial charge in [0.2, 0.25) is 5.91 Å². The number of rotatable bonds is 8. The number of aliphatic hydroxyl groups is 1. The van der Waals surface area contributed by atoms with Crippen molar-refractivity contribution in [3.05, 3.63) is 75.7 Å². The minimum absolute atomic E-state index is 0.0456. The van der Waals surface area contributed by atoms with Gasteiger partial charge in [-0.15, -0.1) is 11.3 Å².